The van der Waals surface area contributed by atoms with E-state index in [9.17, 15) is 4.79 Å². The minimum Gasteiger partial charge on any atom is -0.303 e. The molecule has 1 heterocycles. The molecule has 0 aliphatic heterocycles. The smallest absolute Gasteiger partial charge is 0.303 e. The zero-order valence-corrected chi connectivity index (χ0v) is 14.3. The minimum absolute atomic E-state index is 0. The van der Waals surface area contributed by atoms with Crippen molar-refractivity contribution in [2.45, 2.75) is 32.7 Å². The van der Waals surface area contributed by atoms with Crippen LogP contribution in [0.3, 0.4) is 0 Å². The van der Waals surface area contributed by atoms with E-state index >= 15 is 0 Å². The van der Waals surface area contributed by atoms with Gasteiger partial charge in [0.25, 0.3) is 0 Å². The first-order valence-corrected chi connectivity index (χ1v) is 7.62. The first-order chi connectivity index (χ1) is 10.8. The van der Waals surface area contributed by atoms with E-state index in [1.165, 1.54) is 19.3 Å². The number of nitrogens with zero attached hydrogens (tertiary/aromatic N) is 3. The second-order valence-electron chi connectivity index (χ2n) is 5.08. The molecule has 0 unspecified atom stereocenters. The predicted octanol–water partition coefficient (Wildman–Crippen LogP) is 2.81. The number of unbranched alkanes of at least 4 members (excludes halogenated alkanes) is 2. The van der Waals surface area contributed by atoms with Gasteiger partial charge < -0.3 is 4.79 Å². The minimum atomic E-state index is 0. The topological polar surface area (TPSA) is 47.8 Å². The van der Waals surface area contributed by atoms with E-state index in [1.807, 2.05) is 36.6 Å². The fourth-order valence-electron chi connectivity index (χ4n) is 2.08. The monoisotopic (exact) mass is 351 g/mol. The molecule has 0 bridgehead atoms. The van der Waals surface area contributed by atoms with Crippen molar-refractivity contribution in [2.24, 2.45) is 0 Å². The quantitative estimate of drug-likeness (QED) is 0.450. The third kappa shape index (κ3) is 7.17. The molecule has 1 aromatic heterocycles. The molecule has 120 valence electrons. The molecule has 0 amide bonds. The molecule has 0 spiro atoms. The van der Waals surface area contributed by atoms with Crippen molar-refractivity contribution in [3.05, 3.63) is 75.1 Å². The van der Waals surface area contributed by atoms with Crippen molar-refractivity contribution in [3.63, 3.8) is 0 Å². The van der Waals surface area contributed by atoms with Gasteiger partial charge in [-0.1, -0.05) is 25.0 Å². The van der Waals surface area contributed by atoms with E-state index in [0.29, 0.717) is 0 Å². The summed E-state index contributed by atoms with van der Waals surface area (Å²) in [4.78, 5) is 9.87. The summed E-state index contributed by atoms with van der Waals surface area (Å²) in [5.41, 5.74) is 0.969. The molecule has 2 aliphatic carbocycles. The largest absolute Gasteiger partial charge is 2.00 e. The summed E-state index contributed by atoms with van der Waals surface area (Å²) in [5.74, 6) is 1.90. The summed E-state index contributed by atoms with van der Waals surface area (Å²) in [6, 6.07) is 0. The standard InChI is InChI=1S/C12H16N3.C6H5O.Fe/c1-2-3-6-9-15-10-12(13-14-15)11-7-4-5-8-11;7-5-6-3-1-2-4-6;/h4-5,7-8,10H,2-3,6,9H2,1H3;1-5H;/q;;+2. The van der Waals surface area contributed by atoms with Gasteiger partial charge in [-0.25, -0.2) is 0 Å². The Morgan fingerprint density at radius 2 is 1.70 bits per heavy atom. The molecular weight excluding hydrogens is 330 g/mol. The molecule has 23 heavy (non-hydrogen) atoms. The molecule has 0 N–H and O–H groups in total. The molecule has 2 aliphatic rings. The van der Waals surface area contributed by atoms with Crippen LogP contribution in [-0.2, 0) is 28.4 Å². The fourth-order valence-corrected chi connectivity index (χ4v) is 2.08. The SMILES string of the molecule is CCCCCn1cc([C]2[CH][CH][CH][CH]2)nn1.O=C[C]1[CH][CH][CH][CH]1.[Fe+2]. The van der Waals surface area contributed by atoms with Crippen LogP contribution in [0.2, 0.25) is 0 Å². The first-order valence-electron chi connectivity index (χ1n) is 7.62. The van der Waals surface area contributed by atoms with Crippen molar-refractivity contribution in [1.82, 2.24) is 15.0 Å². The summed E-state index contributed by atoms with van der Waals surface area (Å²) >= 11 is 0. The number of carbonyl (C=O) groups is 1. The van der Waals surface area contributed by atoms with Crippen molar-refractivity contribution in [1.29, 1.82) is 0 Å². The average Bonchev–Trinajstić information content (AvgIpc) is 3.29. The third-order valence-electron chi connectivity index (χ3n) is 3.31. The number of hydrogen-bond acceptors (Lipinski definition) is 3. The number of rotatable bonds is 6. The van der Waals surface area contributed by atoms with Gasteiger partial charge in [-0.05, 0) is 57.8 Å². The summed E-state index contributed by atoms with van der Waals surface area (Å²) in [6.07, 6.45) is 21.9. The molecule has 1 aromatic rings. The van der Waals surface area contributed by atoms with E-state index < -0.39 is 0 Å². The number of hydrogen-bond donors (Lipinski definition) is 0. The maximum atomic E-state index is 9.87. The van der Waals surface area contributed by atoms with Crippen molar-refractivity contribution in [3.8, 4) is 0 Å². The van der Waals surface area contributed by atoms with Crippen LogP contribution in [0.4, 0.5) is 0 Å². The average molecular weight is 351 g/mol. The van der Waals surface area contributed by atoms with E-state index in [0.717, 1.165) is 30.4 Å². The second kappa shape index (κ2) is 11.8. The Bertz CT molecular complexity index is 424. The predicted molar refractivity (Wildman–Crippen MR) is 85.6 cm³/mol. The normalized spacial score (nSPS) is 18.3. The molecule has 10 radical (unpaired) electrons. The van der Waals surface area contributed by atoms with Crippen molar-refractivity contribution >= 4 is 6.29 Å². The summed E-state index contributed by atoms with van der Waals surface area (Å²) in [5, 5.41) is 8.26. The van der Waals surface area contributed by atoms with Gasteiger partial charge in [0.1, 0.15) is 6.29 Å². The van der Waals surface area contributed by atoms with E-state index in [4.69, 9.17) is 0 Å². The Morgan fingerprint density at radius 3 is 2.26 bits per heavy atom. The van der Waals surface area contributed by atoms with Gasteiger partial charge >= 0.3 is 17.1 Å². The van der Waals surface area contributed by atoms with Crippen LogP contribution in [0, 0.1) is 63.2 Å². The Labute approximate surface area is 151 Å². The van der Waals surface area contributed by atoms with Gasteiger partial charge in [-0.15, -0.1) is 5.10 Å². The van der Waals surface area contributed by atoms with Gasteiger partial charge in [-0.2, -0.15) is 0 Å². The maximum Gasteiger partial charge on any atom is 2.00 e. The molecule has 2 saturated carbocycles. The second-order valence-corrected chi connectivity index (χ2v) is 5.08. The molecule has 5 heteroatoms. The molecule has 2 fully saturated rings. The Kier molecular flexibility index (Phi) is 10.5. The number of aromatic nitrogens is 3. The Morgan fingerprint density at radius 1 is 1.04 bits per heavy atom. The number of carbonyl (C=O) groups excluding carboxylic acids is 1. The first kappa shape index (κ1) is 20.4. The van der Waals surface area contributed by atoms with E-state index in [-0.39, 0.29) is 17.1 Å². The fraction of sp³-hybridized carbons (Fsp3) is 0.278. The van der Waals surface area contributed by atoms with Crippen LogP contribution >= 0.6 is 0 Å². The summed E-state index contributed by atoms with van der Waals surface area (Å²) < 4.78 is 1.93. The molecule has 4 nitrogen and oxygen atoms in total. The van der Waals surface area contributed by atoms with Crippen LogP contribution in [0.1, 0.15) is 31.9 Å². The molecule has 0 saturated heterocycles. The van der Waals surface area contributed by atoms with Crippen LogP contribution in [0.25, 0.3) is 0 Å². The van der Waals surface area contributed by atoms with E-state index in [2.05, 4.69) is 30.1 Å². The van der Waals surface area contributed by atoms with Crippen LogP contribution in [0.5, 0.6) is 0 Å². The van der Waals surface area contributed by atoms with Crippen molar-refractivity contribution in [2.75, 3.05) is 0 Å². The van der Waals surface area contributed by atoms with Gasteiger partial charge in [0.05, 0.1) is 5.69 Å². The number of aldehydes is 1. The molecule has 0 aromatic carbocycles. The zero-order valence-electron chi connectivity index (χ0n) is 13.2. The molecule has 3 rings (SSSR count). The van der Waals surface area contributed by atoms with Gasteiger partial charge in [0.15, 0.2) is 0 Å². The molecule has 0 atom stereocenters. The maximum absolute atomic E-state index is 9.87. The number of aryl methyl sites for hydroxylation is 1. The summed E-state index contributed by atoms with van der Waals surface area (Å²) in [7, 11) is 0. The van der Waals surface area contributed by atoms with Gasteiger partial charge in [0, 0.05) is 24.6 Å². The van der Waals surface area contributed by atoms with Gasteiger partial charge in [-0.3, -0.25) is 4.68 Å². The third-order valence-corrected chi connectivity index (χ3v) is 3.31. The van der Waals surface area contributed by atoms with Crippen LogP contribution in [0.15, 0.2) is 6.20 Å². The van der Waals surface area contributed by atoms with Crippen LogP contribution in [-0.4, -0.2) is 21.3 Å². The van der Waals surface area contributed by atoms with E-state index in [1.54, 1.807) is 12.8 Å². The summed E-state index contributed by atoms with van der Waals surface area (Å²) in [6.45, 7) is 3.18. The zero-order chi connectivity index (χ0) is 15.6. The molecular formula is C18H21FeN3O+2. The van der Waals surface area contributed by atoms with Crippen LogP contribution < -0.4 is 0 Å². The van der Waals surface area contributed by atoms with Gasteiger partial charge in [0.2, 0.25) is 0 Å². The van der Waals surface area contributed by atoms with Crippen molar-refractivity contribution < 1.29 is 21.9 Å². The Balaban J connectivity index is 0.000000280. The Hall–Kier alpha value is -0.671.